The van der Waals surface area contributed by atoms with E-state index >= 15 is 0 Å². The predicted molar refractivity (Wildman–Crippen MR) is 54.2 cm³/mol. The second-order valence-electron chi connectivity index (χ2n) is 2.72. The Balaban J connectivity index is 3.18. The molecule has 0 amide bonds. The van der Waals surface area contributed by atoms with E-state index in [1.165, 1.54) is 13.2 Å². The van der Waals surface area contributed by atoms with Crippen LogP contribution in [-0.4, -0.2) is 18.2 Å². The molecule has 0 saturated heterocycles. The zero-order chi connectivity index (χ0) is 11.3. The lowest BCUT2D eigenvalue weighted by molar-refractivity contribution is -0.132. The van der Waals surface area contributed by atoms with Crippen LogP contribution in [0.25, 0.3) is 6.08 Å². The molecule has 4 nitrogen and oxygen atoms in total. The number of ether oxygens (including phenoxy) is 1. The van der Waals surface area contributed by atoms with Crippen LogP contribution in [-0.2, 0) is 4.79 Å². The van der Waals surface area contributed by atoms with Crippen molar-refractivity contribution < 1.29 is 14.6 Å². The van der Waals surface area contributed by atoms with Crippen LogP contribution in [0, 0.1) is 11.3 Å². The fourth-order valence-corrected chi connectivity index (χ4v) is 1.08. The minimum atomic E-state index is -1.25. The normalized spacial score (nSPS) is 10.5. The maximum Gasteiger partial charge on any atom is 0.346 e. The van der Waals surface area contributed by atoms with Gasteiger partial charge in [-0.05, 0) is 12.1 Å². The summed E-state index contributed by atoms with van der Waals surface area (Å²) in [6.45, 7) is 0. The van der Waals surface area contributed by atoms with Gasteiger partial charge in [-0.25, -0.2) is 4.79 Å². The van der Waals surface area contributed by atoms with Crippen LogP contribution in [0.1, 0.15) is 5.56 Å². The Labute approximate surface area is 87.0 Å². The summed E-state index contributed by atoms with van der Waals surface area (Å²) in [6, 6.07) is 8.49. The quantitative estimate of drug-likeness (QED) is 0.599. The number of carboxylic acids is 1. The van der Waals surface area contributed by atoms with Crippen LogP contribution >= 0.6 is 0 Å². The molecular formula is C11H9NO3. The maximum absolute atomic E-state index is 10.6. The van der Waals surface area contributed by atoms with Gasteiger partial charge in [0, 0.05) is 5.56 Å². The number of para-hydroxylation sites is 1. The molecule has 1 rings (SSSR count). The molecule has 1 aromatic rings. The van der Waals surface area contributed by atoms with E-state index in [-0.39, 0.29) is 5.57 Å². The summed E-state index contributed by atoms with van der Waals surface area (Å²) in [6.07, 6.45) is 1.28. The zero-order valence-electron chi connectivity index (χ0n) is 8.10. The van der Waals surface area contributed by atoms with Gasteiger partial charge in [0.15, 0.2) is 0 Å². The first-order chi connectivity index (χ1) is 7.19. The van der Waals surface area contributed by atoms with Crippen molar-refractivity contribution >= 4 is 12.0 Å². The van der Waals surface area contributed by atoms with Crippen molar-refractivity contribution in [3.8, 4) is 11.8 Å². The molecule has 0 atom stereocenters. The molecule has 0 fully saturated rings. The molecule has 0 unspecified atom stereocenters. The number of aliphatic carboxylic acids is 1. The second kappa shape index (κ2) is 4.82. The van der Waals surface area contributed by atoms with E-state index in [1.54, 1.807) is 30.3 Å². The van der Waals surface area contributed by atoms with Gasteiger partial charge in [0.1, 0.15) is 17.4 Å². The highest BCUT2D eigenvalue weighted by Crippen LogP contribution is 2.20. The molecule has 0 heterocycles. The first-order valence-electron chi connectivity index (χ1n) is 4.17. The molecular weight excluding hydrogens is 194 g/mol. The van der Waals surface area contributed by atoms with Crippen molar-refractivity contribution in [1.29, 1.82) is 5.26 Å². The Kier molecular flexibility index (Phi) is 3.47. The van der Waals surface area contributed by atoms with Gasteiger partial charge in [-0.3, -0.25) is 0 Å². The summed E-state index contributed by atoms with van der Waals surface area (Å²) in [4.78, 5) is 10.6. The minimum absolute atomic E-state index is 0.320. The van der Waals surface area contributed by atoms with Crippen LogP contribution in [0.15, 0.2) is 29.8 Å². The molecule has 76 valence electrons. The van der Waals surface area contributed by atoms with Crippen molar-refractivity contribution in [3.05, 3.63) is 35.4 Å². The smallest absolute Gasteiger partial charge is 0.346 e. The highest BCUT2D eigenvalue weighted by Gasteiger charge is 2.07. The summed E-state index contributed by atoms with van der Waals surface area (Å²) >= 11 is 0. The monoisotopic (exact) mass is 203 g/mol. The number of hydrogen-bond donors (Lipinski definition) is 1. The summed E-state index contributed by atoms with van der Waals surface area (Å²) in [5.41, 5.74) is 0.249. The first kappa shape index (κ1) is 10.8. The number of nitriles is 1. The number of methoxy groups -OCH3 is 1. The van der Waals surface area contributed by atoms with Crippen molar-refractivity contribution in [2.45, 2.75) is 0 Å². The fourth-order valence-electron chi connectivity index (χ4n) is 1.08. The Bertz CT molecular complexity index is 443. The number of rotatable bonds is 3. The van der Waals surface area contributed by atoms with Crippen molar-refractivity contribution in [3.63, 3.8) is 0 Å². The van der Waals surface area contributed by atoms with Crippen LogP contribution in [0.5, 0.6) is 5.75 Å². The van der Waals surface area contributed by atoms with Crippen LogP contribution in [0.2, 0.25) is 0 Å². The maximum atomic E-state index is 10.6. The highest BCUT2D eigenvalue weighted by atomic mass is 16.5. The third-order valence-electron chi connectivity index (χ3n) is 1.79. The van der Waals surface area contributed by atoms with E-state index in [1.807, 2.05) is 0 Å². The topological polar surface area (TPSA) is 70.3 Å². The van der Waals surface area contributed by atoms with Gasteiger partial charge in [0.25, 0.3) is 0 Å². The van der Waals surface area contributed by atoms with Crippen LogP contribution in [0.4, 0.5) is 0 Å². The number of benzene rings is 1. The van der Waals surface area contributed by atoms with Crippen molar-refractivity contribution in [1.82, 2.24) is 0 Å². The van der Waals surface area contributed by atoms with E-state index in [9.17, 15) is 4.79 Å². The molecule has 0 spiro atoms. The van der Waals surface area contributed by atoms with E-state index in [0.29, 0.717) is 11.3 Å². The zero-order valence-corrected chi connectivity index (χ0v) is 8.10. The molecule has 0 saturated carbocycles. The number of hydrogen-bond acceptors (Lipinski definition) is 3. The Hall–Kier alpha value is -2.28. The molecule has 0 aliphatic rings. The summed E-state index contributed by atoms with van der Waals surface area (Å²) in [5.74, 6) is -0.713. The molecule has 0 aliphatic heterocycles. The van der Waals surface area contributed by atoms with E-state index < -0.39 is 5.97 Å². The van der Waals surface area contributed by atoms with Gasteiger partial charge in [-0.1, -0.05) is 18.2 Å². The van der Waals surface area contributed by atoms with Gasteiger partial charge >= 0.3 is 5.97 Å². The lowest BCUT2D eigenvalue weighted by Crippen LogP contribution is -1.98. The largest absolute Gasteiger partial charge is 0.496 e. The van der Waals surface area contributed by atoms with Crippen molar-refractivity contribution in [2.24, 2.45) is 0 Å². The molecule has 4 heteroatoms. The second-order valence-corrected chi connectivity index (χ2v) is 2.72. The number of nitrogens with zero attached hydrogens (tertiary/aromatic N) is 1. The lowest BCUT2D eigenvalue weighted by Gasteiger charge is -2.03. The van der Waals surface area contributed by atoms with Gasteiger partial charge in [0.05, 0.1) is 7.11 Å². The third-order valence-corrected chi connectivity index (χ3v) is 1.79. The SMILES string of the molecule is COc1ccccc1C=C(C#N)C(=O)O. The lowest BCUT2D eigenvalue weighted by atomic mass is 10.1. The number of carbonyl (C=O) groups is 1. The average Bonchev–Trinajstić information content (AvgIpc) is 2.25. The molecule has 1 N–H and O–H groups in total. The standard InChI is InChI=1S/C11H9NO3/c1-15-10-5-3-2-4-8(10)6-9(7-12)11(13)14/h2-6H,1H3,(H,13,14). The van der Waals surface area contributed by atoms with Gasteiger partial charge in [0.2, 0.25) is 0 Å². The highest BCUT2D eigenvalue weighted by molar-refractivity contribution is 5.96. The fraction of sp³-hybridized carbons (Fsp3) is 0.0909. The van der Waals surface area contributed by atoms with Gasteiger partial charge in [-0.2, -0.15) is 5.26 Å². The minimum Gasteiger partial charge on any atom is -0.496 e. The summed E-state index contributed by atoms with van der Waals surface area (Å²) < 4.78 is 5.02. The van der Waals surface area contributed by atoms with Gasteiger partial charge < -0.3 is 9.84 Å². The van der Waals surface area contributed by atoms with Crippen LogP contribution in [0.3, 0.4) is 0 Å². The molecule has 0 aliphatic carbocycles. The molecule has 0 bridgehead atoms. The van der Waals surface area contributed by atoms with E-state index in [4.69, 9.17) is 15.1 Å². The molecule has 0 radical (unpaired) electrons. The van der Waals surface area contributed by atoms with Crippen LogP contribution < -0.4 is 4.74 Å². The third kappa shape index (κ3) is 2.58. The summed E-state index contributed by atoms with van der Waals surface area (Å²) in [7, 11) is 1.49. The Morgan fingerprint density at radius 1 is 1.53 bits per heavy atom. The Morgan fingerprint density at radius 2 is 2.20 bits per heavy atom. The molecule has 0 aromatic heterocycles. The van der Waals surface area contributed by atoms with Gasteiger partial charge in [-0.15, -0.1) is 0 Å². The average molecular weight is 203 g/mol. The first-order valence-corrected chi connectivity index (χ1v) is 4.17. The molecule has 1 aromatic carbocycles. The summed E-state index contributed by atoms with van der Waals surface area (Å²) in [5, 5.41) is 17.2. The predicted octanol–water partition coefficient (Wildman–Crippen LogP) is 1.69. The van der Waals surface area contributed by atoms with E-state index in [0.717, 1.165) is 0 Å². The van der Waals surface area contributed by atoms with Crippen molar-refractivity contribution in [2.75, 3.05) is 7.11 Å². The number of carboxylic acid groups (broad SMARTS) is 1. The Morgan fingerprint density at radius 3 is 2.73 bits per heavy atom. The van der Waals surface area contributed by atoms with E-state index in [2.05, 4.69) is 0 Å². The molecule has 15 heavy (non-hydrogen) atoms.